The van der Waals surface area contributed by atoms with Gasteiger partial charge in [0.15, 0.2) is 5.16 Å². The van der Waals surface area contributed by atoms with Crippen molar-refractivity contribution in [3.05, 3.63) is 70.5 Å². The predicted molar refractivity (Wildman–Crippen MR) is 120 cm³/mol. The summed E-state index contributed by atoms with van der Waals surface area (Å²) in [5, 5.41) is 4.22. The maximum atomic E-state index is 12.9. The SMILES string of the molecule is CCCCn1c(SCC(=O)NC[C@H](C)c2ccccc2)nc2ccccc2c1=O. The van der Waals surface area contributed by atoms with Gasteiger partial charge < -0.3 is 5.32 Å². The van der Waals surface area contributed by atoms with Gasteiger partial charge in [-0.1, -0.05) is 74.5 Å². The van der Waals surface area contributed by atoms with E-state index >= 15 is 0 Å². The minimum Gasteiger partial charge on any atom is -0.355 e. The van der Waals surface area contributed by atoms with E-state index in [1.165, 1.54) is 17.3 Å². The Balaban J connectivity index is 1.67. The lowest BCUT2D eigenvalue weighted by atomic mass is 10.0. The van der Waals surface area contributed by atoms with Crippen LogP contribution >= 0.6 is 11.8 Å². The summed E-state index contributed by atoms with van der Waals surface area (Å²) in [5.41, 5.74) is 1.83. The molecule has 1 amide bonds. The molecule has 0 spiro atoms. The number of rotatable bonds is 9. The van der Waals surface area contributed by atoms with Gasteiger partial charge in [-0.2, -0.15) is 0 Å². The van der Waals surface area contributed by atoms with Crippen molar-refractivity contribution in [2.24, 2.45) is 0 Å². The second-order valence-electron chi connectivity index (χ2n) is 7.13. The van der Waals surface area contributed by atoms with Gasteiger partial charge in [0, 0.05) is 13.1 Å². The number of nitrogens with zero attached hydrogens (tertiary/aromatic N) is 2. The zero-order valence-electron chi connectivity index (χ0n) is 16.9. The van der Waals surface area contributed by atoms with Crippen LogP contribution in [0.25, 0.3) is 10.9 Å². The molecule has 0 bridgehead atoms. The van der Waals surface area contributed by atoms with Gasteiger partial charge in [-0.15, -0.1) is 0 Å². The average Bonchev–Trinajstić information content (AvgIpc) is 2.76. The Morgan fingerprint density at radius 1 is 1.14 bits per heavy atom. The average molecular weight is 410 g/mol. The molecule has 3 aromatic rings. The Bertz CT molecular complexity index is 1020. The molecule has 0 aliphatic carbocycles. The highest BCUT2D eigenvalue weighted by Crippen LogP contribution is 2.19. The van der Waals surface area contributed by atoms with E-state index in [-0.39, 0.29) is 23.1 Å². The van der Waals surface area contributed by atoms with Crippen LogP contribution in [0.1, 0.15) is 38.2 Å². The lowest BCUT2D eigenvalue weighted by Crippen LogP contribution is -2.29. The lowest BCUT2D eigenvalue weighted by molar-refractivity contribution is -0.118. The quantitative estimate of drug-likeness (QED) is 0.425. The number of fused-ring (bicyclic) bond motifs is 1. The summed E-state index contributed by atoms with van der Waals surface area (Å²) in [7, 11) is 0. The van der Waals surface area contributed by atoms with Crippen LogP contribution in [-0.4, -0.2) is 27.8 Å². The molecule has 152 valence electrons. The maximum absolute atomic E-state index is 12.9. The van der Waals surface area contributed by atoms with Gasteiger partial charge >= 0.3 is 0 Å². The zero-order valence-corrected chi connectivity index (χ0v) is 17.7. The summed E-state index contributed by atoms with van der Waals surface area (Å²) < 4.78 is 1.70. The van der Waals surface area contributed by atoms with Crippen LogP contribution in [0.5, 0.6) is 0 Å². The van der Waals surface area contributed by atoms with Crippen molar-refractivity contribution in [1.82, 2.24) is 14.9 Å². The first kappa shape index (κ1) is 21.1. The second kappa shape index (κ2) is 10.3. The summed E-state index contributed by atoms with van der Waals surface area (Å²) in [4.78, 5) is 29.9. The number of hydrogen-bond donors (Lipinski definition) is 1. The number of nitrogens with one attached hydrogen (secondary N) is 1. The molecule has 0 aliphatic rings. The number of unbranched alkanes of at least 4 members (excludes halogenated alkanes) is 1. The molecular formula is C23H27N3O2S. The Morgan fingerprint density at radius 3 is 2.62 bits per heavy atom. The van der Waals surface area contributed by atoms with Gasteiger partial charge in [0.2, 0.25) is 5.91 Å². The van der Waals surface area contributed by atoms with Gasteiger partial charge in [-0.25, -0.2) is 4.98 Å². The van der Waals surface area contributed by atoms with Crippen LogP contribution in [-0.2, 0) is 11.3 Å². The maximum Gasteiger partial charge on any atom is 0.262 e. The molecule has 0 radical (unpaired) electrons. The Labute approximate surface area is 175 Å². The molecule has 1 aromatic heterocycles. The third kappa shape index (κ3) is 5.48. The lowest BCUT2D eigenvalue weighted by Gasteiger charge is -2.14. The second-order valence-corrected chi connectivity index (χ2v) is 8.07. The van der Waals surface area contributed by atoms with Crippen molar-refractivity contribution >= 4 is 28.6 Å². The molecule has 2 aromatic carbocycles. The third-order valence-corrected chi connectivity index (χ3v) is 5.84. The molecule has 3 rings (SSSR count). The molecule has 1 atom stereocenters. The summed E-state index contributed by atoms with van der Waals surface area (Å²) in [6.07, 6.45) is 1.88. The molecule has 0 saturated carbocycles. The van der Waals surface area contributed by atoms with Crippen LogP contribution in [0, 0.1) is 0 Å². The van der Waals surface area contributed by atoms with Gasteiger partial charge in [-0.3, -0.25) is 14.2 Å². The summed E-state index contributed by atoms with van der Waals surface area (Å²) >= 11 is 1.32. The van der Waals surface area contributed by atoms with Crippen molar-refractivity contribution in [3.8, 4) is 0 Å². The van der Waals surface area contributed by atoms with E-state index in [4.69, 9.17) is 0 Å². The number of thioether (sulfide) groups is 1. The largest absolute Gasteiger partial charge is 0.355 e. The number of para-hydroxylation sites is 1. The highest BCUT2D eigenvalue weighted by Gasteiger charge is 2.13. The highest BCUT2D eigenvalue weighted by molar-refractivity contribution is 7.99. The molecule has 0 saturated heterocycles. The molecule has 0 fully saturated rings. The van der Waals surface area contributed by atoms with Crippen LogP contribution < -0.4 is 10.9 Å². The van der Waals surface area contributed by atoms with E-state index in [1.807, 2.05) is 36.4 Å². The van der Waals surface area contributed by atoms with Gasteiger partial charge in [0.05, 0.1) is 16.7 Å². The number of benzene rings is 2. The van der Waals surface area contributed by atoms with E-state index in [9.17, 15) is 9.59 Å². The number of aromatic nitrogens is 2. The van der Waals surface area contributed by atoms with Crippen LogP contribution in [0.15, 0.2) is 64.5 Å². The van der Waals surface area contributed by atoms with Gasteiger partial charge in [0.1, 0.15) is 0 Å². The highest BCUT2D eigenvalue weighted by atomic mass is 32.2. The van der Waals surface area contributed by atoms with Crippen molar-refractivity contribution in [2.45, 2.75) is 44.3 Å². The molecule has 1 heterocycles. The summed E-state index contributed by atoms with van der Waals surface area (Å²) in [5.74, 6) is 0.423. The van der Waals surface area contributed by atoms with Crippen LogP contribution in [0.3, 0.4) is 0 Å². The molecule has 0 unspecified atom stereocenters. The van der Waals surface area contributed by atoms with Crippen molar-refractivity contribution in [2.75, 3.05) is 12.3 Å². The van der Waals surface area contributed by atoms with Crippen LogP contribution in [0.4, 0.5) is 0 Å². The molecular weight excluding hydrogens is 382 g/mol. The molecule has 1 N–H and O–H groups in total. The van der Waals surface area contributed by atoms with E-state index in [2.05, 4.69) is 36.3 Å². The summed E-state index contributed by atoms with van der Waals surface area (Å²) in [6.45, 7) is 5.38. The monoisotopic (exact) mass is 409 g/mol. The Morgan fingerprint density at radius 2 is 1.86 bits per heavy atom. The normalized spacial score (nSPS) is 12.1. The Hall–Kier alpha value is -2.60. The molecule has 5 nitrogen and oxygen atoms in total. The van der Waals surface area contributed by atoms with Gasteiger partial charge in [0.25, 0.3) is 5.56 Å². The summed E-state index contributed by atoms with van der Waals surface area (Å²) in [6, 6.07) is 17.5. The first-order valence-electron chi connectivity index (χ1n) is 10.0. The minimum atomic E-state index is -0.0535. The van der Waals surface area contributed by atoms with Crippen LogP contribution in [0.2, 0.25) is 0 Å². The fourth-order valence-electron chi connectivity index (χ4n) is 3.12. The standard InChI is InChI=1S/C23H27N3O2S/c1-3-4-14-26-22(28)19-12-8-9-13-20(19)25-23(26)29-16-21(27)24-15-17(2)18-10-6-5-7-11-18/h5-13,17H,3-4,14-16H2,1-2H3,(H,24,27)/t17-/m0/s1. The molecule has 0 aliphatic heterocycles. The van der Waals surface area contributed by atoms with E-state index in [0.29, 0.717) is 29.1 Å². The fraction of sp³-hybridized carbons (Fsp3) is 0.348. The number of carbonyl (C=O) groups is 1. The minimum absolute atomic E-state index is 0.0374. The zero-order chi connectivity index (χ0) is 20.6. The van der Waals surface area contributed by atoms with Crippen molar-refractivity contribution in [3.63, 3.8) is 0 Å². The predicted octanol–water partition coefficient (Wildman–Crippen LogP) is 4.21. The topological polar surface area (TPSA) is 64.0 Å². The van der Waals surface area contributed by atoms with Gasteiger partial charge in [-0.05, 0) is 30.0 Å². The van der Waals surface area contributed by atoms with E-state index in [0.717, 1.165) is 12.8 Å². The van der Waals surface area contributed by atoms with E-state index < -0.39 is 0 Å². The first-order valence-corrected chi connectivity index (χ1v) is 11.0. The third-order valence-electron chi connectivity index (χ3n) is 4.87. The van der Waals surface area contributed by atoms with Crippen molar-refractivity contribution < 1.29 is 4.79 Å². The number of carbonyl (C=O) groups excluding carboxylic acids is 1. The fourth-order valence-corrected chi connectivity index (χ4v) is 3.97. The first-order chi connectivity index (χ1) is 14.1. The van der Waals surface area contributed by atoms with E-state index in [1.54, 1.807) is 10.6 Å². The smallest absolute Gasteiger partial charge is 0.262 e. The molecule has 29 heavy (non-hydrogen) atoms. The number of hydrogen-bond acceptors (Lipinski definition) is 4. The number of amides is 1. The van der Waals surface area contributed by atoms with Crippen molar-refractivity contribution in [1.29, 1.82) is 0 Å². The molecule has 6 heteroatoms. The Kier molecular flexibility index (Phi) is 7.47.